The largest absolute Gasteiger partial charge is 0.416 e. The number of halogens is 5. The number of amides is 1. The van der Waals surface area contributed by atoms with E-state index in [0.29, 0.717) is 6.07 Å². The molecular weight excluding hydrogens is 307 g/mol. The van der Waals surface area contributed by atoms with Gasteiger partial charge in [-0.25, -0.2) is 8.78 Å². The summed E-state index contributed by atoms with van der Waals surface area (Å²) < 4.78 is 64.4. The standard InChI is InChI=1S/C14H9F5N2O/c15-9-4-5-10(11(16)12(9)20)21-13(22)7-2-1-3-8(6-7)14(17,18)19/h1-6H,20H2,(H,21,22). The highest BCUT2D eigenvalue weighted by Gasteiger charge is 2.31. The number of alkyl halides is 3. The molecule has 1 amide bonds. The summed E-state index contributed by atoms with van der Waals surface area (Å²) >= 11 is 0. The summed E-state index contributed by atoms with van der Waals surface area (Å²) in [5.41, 5.74) is 2.57. The quantitative estimate of drug-likeness (QED) is 0.654. The van der Waals surface area contributed by atoms with Crippen LogP contribution in [0.5, 0.6) is 0 Å². The third kappa shape index (κ3) is 3.16. The normalized spacial score (nSPS) is 11.3. The van der Waals surface area contributed by atoms with Crippen molar-refractivity contribution in [3.63, 3.8) is 0 Å². The smallest absolute Gasteiger partial charge is 0.394 e. The molecule has 0 spiro atoms. The minimum absolute atomic E-state index is 0.322. The van der Waals surface area contributed by atoms with Gasteiger partial charge < -0.3 is 11.1 Å². The van der Waals surface area contributed by atoms with Crippen LogP contribution in [0.2, 0.25) is 0 Å². The number of carbonyl (C=O) groups excluding carboxylic acids is 1. The van der Waals surface area contributed by atoms with Crippen LogP contribution in [0.3, 0.4) is 0 Å². The first kappa shape index (κ1) is 15.7. The van der Waals surface area contributed by atoms with Gasteiger partial charge in [0.25, 0.3) is 5.91 Å². The highest BCUT2D eigenvalue weighted by molar-refractivity contribution is 6.04. The second-order valence-corrected chi connectivity index (χ2v) is 4.36. The molecule has 3 nitrogen and oxygen atoms in total. The van der Waals surface area contributed by atoms with Gasteiger partial charge in [0.2, 0.25) is 0 Å². The van der Waals surface area contributed by atoms with E-state index < -0.39 is 40.7 Å². The van der Waals surface area contributed by atoms with Gasteiger partial charge in [-0.3, -0.25) is 4.79 Å². The lowest BCUT2D eigenvalue weighted by Crippen LogP contribution is -2.15. The van der Waals surface area contributed by atoms with Crippen molar-refractivity contribution < 1.29 is 26.7 Å². The summed E-state index contributed by atoms with van der Waals surface area (Å²) in [6, 6.07) is 5.36. The Morgan fingerprint density at radius 1 is 1.09 bits per heavy atom. The van der Waals surface area contributed by atoms with Crippen LogP contribution in [0.15, 0.2) is 36.4 Å². The number of hydrogen-bond acceptors (Lipinski definition) is 2. The van der Waals surface area contributed by atoms with E-state index in [9.17, 15) is 26.7 Å². The Balaban J connectivity index is 2.29. The topological polar surface area (TPSA) is 55.1 Å². The van der Waals surface area contributed by atoms with Crippen molar-refractivity contribution in [2.75, 3.05) is 11.1 Å². The van der Waals surface area contributed by atoms with E-state index in [1.807, 2.05) is 5.32 Å². The summed E-state index contributed by atoms with van der Waals surface area (Å²) in [6.07, 6.45) is -4.61. The Bertz CT molecular complexity index is 728. The number of hydrogen-bond donors (Lipinski definition) is 2. The molecular formula is C14H9F5N2O. The van der Waals surface area contributed by atoms with Crippen LogP contribution in [0.1, 0.15) is 15.9 Å². The monoisotopic (exact) mass is 316 g/mol. The van der Waals surface area contributed by atoms with Crippen molar-refractivity contribution in [3.8, 4) is 0 Å². The van der Waals surface area contributed by atoms with Gasteiger partial charge in [0.15, 0.2) is 5.82 Å². The SMILES string of the molecule is Nc1c(F)ccc(NC(=O)c2cccc(C(F)(F)F)c2)c1F. The molecule has 0 bridgehead atoms. The zero-order valence-corrected chi connectivity index (χ0v) is 10.8. The summed E-state index contributed by atoms with van der Waals surface area (Å²) in [5, 5.41) is 2.05. The number of carbonyl (C=O) groups is 1. The number of nitrogens with two attached hydrogens (primary N) is 1. The van der Waals surface area contributed by atoms with Gasteiger partial charge in [-0.2, -0.15) is 13.2 Å². The van der Waals surface area contributed by atoms with Crippen LogP contribution in [-0.2, 0) is 6.18 Å². The fourth-order valence-corrected chi connectivity index (χ4v) is 1.70. The summed E-state index contributed by atoms with van der Waals surface area (Å²) in [4.78, 5) is 11.9. The molecule has 3 N–H and O–H groups in total. The molecule has 2 aromatic rings. The predicted octanol–water partition coefficient (Wildman–Crippen LogP) is 3.82. The Hall–Kier alpha value is -2.64. The van der Waals surface area contributed by atoms with Crippen LogP contribution >= 0.6 is 0 Å². The second-order valence-electron chi connectivity index (χ2n) is 4.36. The van der Waals surface area contributed by atoms with Crippen LogP contribution in [0.4, 0.5) is 33.3 Å². The van der Waals surface area contributed by atoms with Crippen molar-refractivity contribution in [3.05, 3.63) is 59.2 Å². The fraction of sp³-hybridized carbons (Fsp3) is 0.0714. The molecule has 0 unspecified atom stereocenters. The Morgan fingerprint density at radius 2 is 1.77 bits per heavy atom. The van der Waals surface area contributed by atoms with E-state index in [0.717, 1.165) is 30.3 Å². The summed E-state index contributed by atoms with van der Waals surface area (Å²) in [5.74, 6) is -3.18. The third-order valence-corrected chi connectivity index (χ3v) is 2.83. The van der Waals surface area contributed by atoms with Crippen LogP contribution in [0, 0.1) is 11.6 Å². The molecule has 0 atom stereocenters. The number of rotatable bonds is 2. The molecule has 0 aliphatic rings. The molecule has 0 aliphatic carbocycles. The summed E-state index contributed by atoms with van der Waals surface area (Å²) in [7, 11) is 0. The van der Waals surface area contributed by atoms with Gasteiger partial charge in [0.05, 0.1) is 11.3 Å². The lowest BCUT2D eigenvalue weighted by Gasteiger charge is -2.10. The number of nitrogen functional groups attached to an aromatic ring is 1. The zero-order valence-electron chi connectivity index (χ0n) is 10.8. The van der Waals surface area contributed by atoms with E-state index in [1.165, 1.54) is 0 Å². The first-order chi connectivity index (χ1) is 10.2. The first-order valence-corrected chi connectivity index (χ1v) is 5.92. The second kappa shape index (κ2) is 5.63. The maximum atomic E-state index is 13.6. The average Bonchev–Trinajstić information content (AvgIpc) is 2.47. The van der Waals surface area contributed by atoms with E-state index >= 15 is 0 Å². The van der Waals surface area contributed by atoms with Gasteiger partial charge in [0, 0.05) is 5.56 Å². The van der Waals surface area contributed by atoms with Crippen LogP contribution in [0.25, 0.3) is 0 Å². The maximum Gasteiger partial charge on any atom is 0.416 e. The molecule has 116 valence electrons. The van der Waals surface area contributed by atoms with Crippen molar-refractivity contribution in [1.82, 2.24) is 0 Å². The zero-order chi connectivity index (χ0) is 16.5. The van der Waals surface area contributed by atoms with Gasteiger partial charge in [-0.1, -0.05) is 6.07 Å². The van der Waals surface area contributed by atoms with Gasteiger partial charge in [-0.05, 0) is 30.3 Å². The van der Waals surface area contributed by atoms with Crippen LogP contribution in [-0.4, -0.2) is 5.91 Å². The molecule has 0 radical (unpaired) electrons. The molecule has 0 saturated heterocycles. The summed E-state index contributed by atoms with van der Waals surface area (Å²) in [6.45, 7) is 0. The van der Waals surface area contributed by atoms with Crippen molar-refractivity contribution in [2.45, 2.75) is 6.18 Å². The van der Waals surface area contributed by atoms with Crippen molar-refractivity contribution in [1.29, 1.82) is 0 Å². The number of benzene rings is 2. The van der Waals surface area contributed by atoms with Crippen molar-refractivity contribution >= 4 is 17.3 Å². The molecule has 8 heteroatoms. The Kier molecular flexibility index (Phi) is 4.03. The van der Waals surface area contributed by atoms with Gasteiger partial charge in [-0.15, -0.1) is 0 Å². The van der Waals surface area contributed by atoms with Gasteiger partial charge >= 0.3 is 6.18 Å². The third-order valence-electron chi connectivity index (χ3n) is 2.83. The Morgan fingerprint density at radius 3 is 2.41 bits per heavy atom. The first-order valence-electron chi connectivity index (χ1n) is 5.92. The lowest BCUT2D eigenvalue weighted by atomic mass is 10.1. The van der Waals surface area contributed by atoms with E-state index in [-0.39, 0.29) is 5.56 Å². The minimum atomic E-state index is -4.61. The van der Waals surface area contributed by atoms with Gasteiger partial charge in [0.1, 0.15) is 11.5 Å². The molecule has 22 heavy (non-hydrogen) atoms. The highest BCUT2D eigenvalue weighted by atomic mass is 19.4. The fourth-order valence-electron chi connectivity index (χ4n) is 1.70. The minimum Gasteiger partial charge on any atom is -0.394 e. The molecule has 0 heterocycles. The van der Waals surface area contributed by atoms with E-state index in [1.54, 1.807) is 0 Å². The van der Waals surface area contributed by atoms with E-state index in [4.69, 9.17) is 5.73 Å². The molecule has 0 aliphatic heterocycles. The van der Waals surface area contributed by atoms with Crippen molar-refractivity contribution in [2.24, 2.45) is 0 Å². The Labute approximate surface area is 121 Å². The average molecular weight is 316 g/mol. The van der Waals surface area contributed by atoms with E-state index in [2.05, 4.69) is 0 Å². The molecule has 2 aromatic carbocycles. The maximum absolute atomic E-state index is 13.6. The number of anilines is 2. The molecule has 2 rings (SSSR count). The molecule has 0 saturated carbocycles. The number of nitrogens with one attached hydrogen (secondary N) is 1. The highest BCUT2D eigenvalue weighted by Crippen LogP contribution is 2.30. The molecule has 0 fully saturated rings. The molecule has 0 aromatic heterocycles. The predicted molar refractivity (Wildman–Crippen MR) is 70.2 cm³/mol. The lowest BCUT2D eigenvalue weighted by molar-refractivity contribution is -0.137. The van der Waals surface area contributed by atoms with Crippen LogP contribution < -0.4 is 11.1 Å².